The SMILES string of the molecule is Cc1nc(CN2CCN(CC3(O)CNCCOC3)CC2)cs1. The van der Waals surface area contributed by atoms with E-state index in [2.05, 4.69) is 32.4 Å². The molecule has 2 aliphatic heterocycles. The fourth-order valence-electron chi connectivity index (χ4n) is 3.11. The summed E-state index contributed by atoms with van der Waals surface area (Å²) in [5.74, 6) is 0. The van der Waals surface area contributed by atoms with Crippen LogP contribution in [-0.2, 0) is 11.3 Å². The van der Waals surface area contributed by atoms with E-state index in [0.29, 0.717) is 26.3 Å². The molecule has 0 bridgehead atoms. The molecule has 0 amide bonds. The molecule has 0 aromatic carbocycles. The summed E-state index contributed by atoms with van der Waals surface area (Å²) < 4.78 is 5.50. The second-order valence-corrected chi connectivity index (χ2v) is 7.43. The zero-order valence-electron chi connectivity index (χ0n) is 13.3. The lowest BCUT2D eigenvalue weighted by Gasteiger charge is -2.38. The maximum Gasteiger partial charge on any atom is 0.113 e. The van der Waals surface area contributed by atoms with E-state index in [9.17, 15) is 5.11 Å². The number of rotatable bonds is 4. The number of aromatic nitrogens is 1. The van der Waals surface area contributed by atoms with Gasteiger partial charge in [-0.1, -0.05) is 0 Å². The lowest BCUT2D eigenvalue weighted by Crippen LogP contribution is -2.55. The van der Waals surface area contributed by atoms with Crippen LogP contribution in [0.3, 0.4) is 0 Å². The predicted octanol–water partition coefficient (Wildman–Crippen LogP) is -0.0800. The molecule has 0 aliphatic carbocycles. The van der Waals surface area contributed by atoms with Gasteiger partial charge in [0.1, 0.15) is 5.60 Å². The average molecular weight is 326 g/mol. The predicted molar refractivity (Wildman–Crippen MR) is 87.2 cm³/mol. The smallest absolute Gasteiger partial charge is 0.113 e. The molecule has 1 atom stereocenters. The standard InChI is InChI=1S/C15H26N4O2S/c1-13-17-14(9-22-13)8-18-3-5-19(6-4-18)11-15(20)10-16-2-7-21-12-15/h9,16,20H,2-8,10-12H2,1H3. The van der Waals surface area contributed by atoms with Gasteiger partial charge in [-0.05, 0) is 6.92 Å². The van der Waals surface area contributed by atoms with Crippen molar-refractivity contribution in [2.45, 2.75) is 19.1 Å². The van der Waals surface area contributed by atoms with Crippen molar-refractivity contribution in [3.05, 3.63) is 16.1 Å². The van der Waals surface area contributed by atoms with Crippen molar-refractivity contribution in [2.75, 3.05) is 59.0 Å². The Kier molecular flexibility index (Phi) is 5.43. The zero-order valence-corrected chi connectivity index (χ0v) is 14.1. The number of hydrogen-bond donors (Lipinski definition) is 2. The van der Waals surface area contributed by atoms with Crippen molar-refractivity contribution in [1.29, 1.82) is 0 Å². The number of aliphatic hydroxyl groups is 1. The van der Waals surface area contributed by atoms with Gasteiger partial charge in [-0.15, -0.1) is 11.3 Å². The van der Waals surface area contributed by atoms with Crippen molar-refractivity contribution in [3.8, 4) is 0 Å². The van der Waals surface area contributed by atoms with Crippen LogP contribution in [0.1, 0.15) is 10.7 Å². The first-order valence-electron chi connectivity index (χ1n) is 8.00. The highest BCUT2D eigenvalue weighted by Crippen LogP contribution is 2.15. The van der Waals surface area contributed by atoms with Crippen molar-refractivity contribution in [3.63, 3.8) is 0 Å². The summed E-state index contributed by atoms with van der Waals surface area (Å²) >= 11 is 1.72. The quantitative estimate of drug-likeness (QED) is 0.807. The third-order valence-electron chi connectivity index (χ3n) is 4.28. The van der Waals surface area contributed by atoms with Crippen LogP contribution in [0.2, 0.25) is 0 Å². The minimum atomic E-state index is -0.759. The minimum Gasteiger partial charge on any atom is -0.385 e. The molecule has 1 aromatic heterocycles. The van der Waals surface area contributed by atoms with Gasteiger partial charge < -0.3 is 15.2 Å². The van der Waals surface area contributed by atoms with E-state index >= 15 is 0 Å². The van der Waals surface area contributed by atoms with Crippen LogP contribution >= 0.6 is 11.3 Å². The van der Waals surface area contributed by atoms with Crippen LogP contribution in [0, 0.1) is 6.92 Å². The van der Waals surface area contributed by atoms with Crippen LogP contribution in [0.5, 0.6) is 0 Å². The molecular formula is C15H26N4O2S. The number of β-amino-alcohol motifs (C(OH)–C–C–N with tert-alkyl or cyclic N) is 1. The zero-order chi connectivity index (χ0) is 15.4. The Morgan fingerprint density at radius 2 is 2.14 bits per heavy atom. The summed E-state index contributed by atoms with van der Waals surface area (Å²) in [5, 5.41) is 17.2. The van der Waals surface area contributed by atoms with Gasteiger partial charge in [0.15, 0.2) is 0 Å². The third-order valence-corrected chi connectivity index (χ3v) is 5.11. The van der Waals surface area contributed by atoms with Gasteiger partial charge >= 0.3 is 0 Å². The van der Waals surface area contributed by atoms with Gasteiger partial charge in [-0.25, -0.2) is 4.98 Å². The van der Waals surface area contributed by atoms with E-state index < -0.39 is 5.60 Å². The Balaban J connectivity index is 1.45. The molecule has 2 saturated heterocycles. The molecule has 124 valence electrons. The Bertz CT molecular complexity index is 466. The Morgan fingerprint density at radius 1 is 1.36 bits per heavy atom. The van der Waals surface area contributed by atoms with Crippen molar-refractivity contribution < 1.29 is 9.84 Å². The van der Waals surface area contributed by atoms with E-state index in [1.807, 2.05) is 0 Å². The topological polar surface area (TPSA) is 60.9 Å². The maximum absolute atomic E-state index is 10.7. The summed E-state index contributed by atoms with van der Waals surface area (Å²) in [6.45, 7) is 10.3. The molecule has 0 spiro atoms. The summed E-state index contributed by atoms with van der Waals surface area (Å²) in [6, 6.07) is 0. The van der Waals surface area contributed by atoms with Crippen molar-refractivity contribution in [2.24, 2.45) is 0 Å². The highest BCUT2D eigenvalue weighted by molar-refractivity contribution is 7.09. The molecule has 0 saturated carbocycles. The fourth-order valence-corrected chi connectivity index (χ4v) is 3.72. The van der Waals surface area contributed by atoms with Crippen LogP contribution in [-0.4, -0.2) is 84.5 Å². The molecule has 2 aliphatic rings. The number of aryl methyl sites for hydroxylation is 1. The van der Waals surface area contributed by atoms with Crippen LogP contribution in [0.4, 0.5) is 0 Å². The lowest BCUT2D eigenvalue weighted by atomic mass is 10.0. The van der Waals surface area contributed by atoms with Gasteiger partial charge in [0.25, 0.3) is 0 Å². The van der Waals surface area contributed by atoms with Crippen molar-refractivity contribution >= 4 is 11.3 Å². The first-order valence-corrected chi connectivity index (χ1v) is 8.88. The van der Waals surface area contributed by atoms with E-state index in [1.54, 1.807) is 11.3 Å². The van der Waals surface area contributed by atoms with Crippen LogP contribution < -0.4 is 5.32 Å². The molecule has 1 unspecified atom stereocenters. The van der Waals surface area contributed by atoms with Gasteiger partial charge in [0.05, 0.1) is 23.9 Å². The van der Waals surface area contributed by atoms with Crippen molar-refractivity contribution in [1.82, 2.24) is 20.1 Å². The number of ether oxygens (including phenoxy) is 1. The Hall–Kier alpha value is -0.570. The molecule has 3 rings (SSSR count). The Labute approximate surface area is 136 Å². The van der Waals surface area contributed by atoms with E-state index in [0.717, 1.165) is 44.3 Å². The first kappa shape index (κ1) is 16.3. The fraction of sp³-hybridized carbons (Fsp3) is 0.800. The number of nitrogens with one attached hydrogen (secondary N) is 1. The van der Waals surface area contributed by atoms with Gasteiger partial charge in [0.2, 0.25) is 0 Å². The average Bonchev–Trinajstić information content (AvgIpc) is 2.77. The molecule has 2 fully saturated rings. The minimum absolute atomic E-state index is 0.429. The highest BCUT2D eigenvalue weighted by atomic mass is 32.1. The lowest BCUT2D eigenvalue weighted by molar-refractivity contribution is -0.0555. The van der Waals surface area contributed by atoms with E-state index in [1.165, 1.54) is 5.69 Å². The largest absolute Gasteiger partial charge is 0.385 e. The van der Waals surface area contributed by atoms with E-state index in [-0.39, 0.29) is 0 Å². The molecule has 6 nitrogen and oxygen atoms in total. The number of thiazole rings is 1. The van der Waals surface area contributed by atoms with E-state index in [4.69, 9.17) is 4.74 Å². The third kappa shape index (κ3) is 4.47. The number of hydrogen-bond acceptors (Lipinski definition) is 7. The number of piperazine rings is 1. The number of nitrogens with zero attached hydrogens (tertiary/aromatic N) is 3. The van der Waals surface area contributed by atoms with Gasteiger partial charge in [0, 0.05) is 57.7 Å². The molecule has 2 N–H and O–H groups in total. The first-order chi connectivity index (χ1) is 10.6. The molecule has 7 heteroatoms. The monoisotopic (exact) mass is 326 g/mol. The molecule has 1 aromatic rings. The van der Waals surface area contributed by atoms with Crippen LogP contribution in [0.25, 0.3) is 0 Å². The second kappa shape index (κ2) is 7.33. The van der Waals surface area contributed by atoms with Crippen LogP contribution in [0.15, 0.2) is 5.38 Å². The molecule has 3 heterocycles. The normalized spacial score (nSPS) is 28.6. The molecule has 22 heavy (non-hydrogen) atoms. The summed E-state index contributed by atoms with van der Waals surface area (Å²) in [7, 11) is 0. The van der Waals surface area contributed by atoms with Gasteiger partial charge in [-0.2, -0.15) is 0 Å². The maximum atomic E-state index is 10.7. The highest BCUT2D eigenvalue weighted by Gasteiger charge is 2.32. The van der Waals surface area contributed by atoms with Gasteiger partial charge in [-0.3, -0.25) is 9.80 Å². The molecular weight excluding hydrogens is 300 g/mol. The Morgan fingerprint density at radius 3 is 2.86 bits per heavy atom. The molecule has 0 radical (unpaired) electrons. The second-order valence-electron chi connectivity index (χ2n) is 6.36. The summed E-state index contributed by atoms with van der Waals surface area (Å²) in [4.78, 5) is 9.33. The summed E-state index contributed by atoms with van der Waals surface area (Å²) in [5.41, 5.74) is 0.418. The summed E-state index contributed by atoms with van der Waals surface area (Å²) in [6.07, 6.45) is 0.